The molecular formula is C10H7ClN2O4. The summed E-state index contributed by atoms with van der Waals surface area (Å²) in [6, 6.07) is 5.74. The molecule has 0 spiro atoms. The highest BCUT2D eigenvalue weighted by Crippen LogP contribution is 2.34. The van der Waals surface area contributed by atoms with E-state index in [1.807, 2.05) is 5.32 Å². The number of nitrogens with one attached hydrogen (secondary N) is 1. The number of nitrogens with zero attached hydrogens (tertiary/aromatic N) is 1. The van der Waals surface area contributed by atoms with Crippen molar-refractivity contribution in [3.05, 3.63) is 39.9 Å². The highest BCUT2D eigenvalue weighted by Gasteiger charge is 2.44. The summed E-state index contributed by atoms with van der Waals surface area (Å²) in [6.07, 6.45) is 0. The lowest BCUT2D eigenvalue weighted by molar-refractivity contribution is -0.385. The van der Waals surface area contributed by atoms with Gasteiger partial charge in [-0.25, -0.2) is 0 Å². The monoisotopic (exact) mass is 254 g/mol. The lowest BCUT2D eigenvalue weighted by Gasteiger charge is -2.09. The summed E-state index contributed by atoms with van der Waals surface area (Å²) in [4.78, 5) is 33.0. The first-order valence-corrected chi connectivity index (χ1v) is 5.18. The molecule has 2 rings (SSSR count). The lowest BCUT2D eigenvalue weighted by atomic mass is 9.95. The number of hydrogen-bond acceptors (Lipinski definition) is 4. The molecule has 1 aliphatic rings. The van der Waals surface area contributed by atoms with E-state index in [1.165, 1.54) is 18.2 Å². The molecule has 0 radical (unpaired) electrons. The largest absolute Gasteiger partial charge is 0.295 e. The summed E-state index contributed by atoms with van der Waals surface area (Å²) in [5.41, 5.74) is -0.0612. The average molecular weight is 255 g/mol. The first kappa shape index (κ1) is 11.5. The fourth-order valence-electron chi connectivity index (χ4n) is 1.77. The Bertz CT molecular complexity index is 517. The Kier molecular flexibility index (Phi) is 2.81. The molecule has 0 aliphatic carbocycles. The van der Waals surface area contributed by atoms with Crippen molar-refractivity contribution in [2.24, 2.45) is 0 Å². The third-order valence-corrected chi connectivity index (χ3v) is 2.99. The number of benzene rings is 1. The second-order valence-corrected chi connectivity index (χ2v) is 4.02. The summed E-state index contributed by atoms with van der Waals surface area (Å²) in [5.74, 6) is -2.24. The van der Waals surface area contributed by atoms with E-state index in [0.717, 1.165) is 0 Å². The average Bonchev–Trinajstić information content (AvgIpc) is 2.53. The molecule has 1 N–H and O–H groups in total. The first-order valence-electron chi connectivity index (χ1n) is 4.74. The number of alkyl halides is 1. The normalized spacial score (nSPS) is 23.6. The van der Waals surface area contributed by atoms with Crippen molar-refractivity contribution in [2.75, 3.05) is 0 Å². The summed E-state index contributed by atoms with van der Waals surface area (Å²) in [6.45, 7) is 0. The van der Waals surface area contributed by atoms with Gasteiger partial charge in [0.1, 0.15) is 5.38 Å². The van der Waals surface area contributed by atoms with Crippen molar-refractivity contribution in [1.29, 1.82) is 0 Å². The molecule has 0 saturated carbocycles. The highest BCUT2D eigenvalue weighted by molar-refractivity contribution is 6.37. The van der Waals surface area contributed by atoms with Gasteiger partial charge in [-0.05, 0) is 0 Å². The van der Waals surface area contributed by atoms with Crippen LogP contribution < -0.4 is 5.32 Å². The fraction of sp³-hybridized carbons (Fsp3) is 0.200. The van der Waals surface area contributed by atoms with Gasteiger partial charge in [0, 0.05) is 11.6 Å². The molecule has 17 heavy (non-hydrogen) atoms. The van der Waals surface area contributed by atoms with E-state index in [2.05, 4.69) is 0 Å². The smallest absolute Gasteiger partial charge is 0.273 e. The fourth-order valence-corrected chi connectivity index (χ4v) is 2.07. The summed E-state index contributed by atoms with van der Waals surface area (Å²) >= 11 is 5.78. The maximum atomic E-state index is 11.5. The number of para-hydroxylation sites is 1. The number of halogens is 1. The Morgan fingerprint density at radius 1 is 1.24 bits per heavy atom. The zero-order valence-electron chi connectivity index (χ0n) is 8.42. The molecule has 88 valence electrons. The summed E-state index contributed by atoms with van der Waals surface area (Å²) < 4.78 is 0. The van der Waals surface area contributed by atoms with Crippen LogP contribution in [0.5, 0.6) is 0 Å². The van der Waals surface area contributed by atoms with Gasteiger partial charge in [-0.1, -0.05) is 18.2 Å². The molecule has 2 unspecified atom stereocenters. The Balaban J connectivity index is 2.51. The zero-order chi connectivity index (χ0) is 12.6. The lowest BCUT2D eigenvalue weighted by Crippen LogP contribution is -2.22. The molecule has 0 aromatic heterocycles. The predicted molar refractivity (Wildman–Crippen MR) is 58.6 cm³/mol. The number of hydrogen-bond donors (Lipinski definition) is 1. The maximum absolute atomic E-state index is 11.5. The molecule has 1 aromatic carbocycles. The van der Waals surface area contributed by atoms with Crippen LogP contribution in [0.25, 0.3) is 0 Å². The van der Waals surface area contributed by atoms with Crippen LogP contribution in [0.3, 0.4) is 0 Å². The third kappa shape index (κ3) is 1.87. The van der Waals surface area contributed by atoms with Crippen LogP contribution in [-0.2, 0) is 9.59 Å². The summed E-state index contributed by atoms with van der Waals surface area (Å²) in [7, 11) is 0. The minimum Gasteiger partial charge on any atom is -0.295 e. The molecule has 1 aliphatic heterocycles. The molecule has 1 heterocycles. The van der Waals surface area contributed by atoms with Crippen LogP contribution in [0.15, 0.2) is 24.3 Å². The minimum absolute atomic E-state index is 0.154. The van der Waals surface area contributed by atoms with E-state index in [9.17, 15) is 19.7 Å². The van der Waals surface area contributed by atoms with Gasteiger partial charge in [-0.15, -0.1) is 11.6 Å². The molecule has 2 amide bonds. The van der Waals surface area contributed by atoms with Gasteiger partial charge in [0.25, 0.3) is 5.69 Å². The molecule has 1 saturated heterocycles. The van der Waals surface area contributed by atoms with Gasteiger partial charge in [0.05, 0.1) is 10.8 Å². The van der Waals surface area contributed by atoms with Crippen LogP contribution >= 0.6 is 11.6 Å². The van der Waals surface area contributed by atoms with Gasteiger partial charge in [-0.2, -0.15) is 0 Å². The number of amides is 2. The standard InChI is InChI=1S/C10H7ClN2O4/c11-8-7(9(14)12-10(8)15)5-3-1-2-4-6(5)13(16)17/h1-4,7-8H,(H,12,14,15). The first-order chi connectivity index (χ1) is 8.02. The molecule has 1 fully saturated rings. The van der Waals surface area contributed by atoms with E-state index >= 15 is 0 Å². The van der Waals surface area contributed by atoms with Crippen LogP contribution in [0.1, 0.15) is 11.5 Å². The zero-order valence-corrected chi connectivity index (χ0v) is 9.18. The van der Waals surface area contributed by atoms with E-state index in [-0.39, 0.29) is 11.3 Å². The maximum Gasteiger partial charge on any atom is 0.273 e. The third-order valence-electron chi connectivity index (χ3n) is 2.54. The van der Waals surface area contributed by atoms with E-state index < -0.39 is 28.0 Å². The van der Waals surface area contributed by atoms with Gasteiger partial charge in [0.15, 0.2) is 0 Å². The van der Waals surface area contributed by atoms with Crippen LogP contribution in [0.4, 0.5) is 5.69 Å². The van der Waals surface area contributed by atoms with Crippen molar-refractivity contribution in [3.63, 3.8) is 0 Å². The Morgan fingerprint density at radius 3 is 2.41 bits per heavy atom. The molecule has 0 bridgehead atoms. The number of rotatable bonds is 2. The topological polar surface area (TPSA) is 89.3 Å². The number of nitro benzene ring substituents is 1. The number of carbonyl (C=O) groups excluding carboxylic acids is 2. The number of nitro groups is 1. The molecule has 7 heteroatoms. The van der Waals surface area contributed by atoms with Crippen molar-refractivity contribution < 1.29 is 14.5 Å². The van der Waals surface area contributed by atoms with Gasteiger partial charge >= 0.3 is 0 Å². The second-order valence-electron chi connectivity index (χ2n) is 3.55. The van der Waals surface area contributed by atoms with Crippen LogP contribution in [-0.4, -0.2) is 22.1 Å². The predicted octanol–water partition coefficient (Wildman–Crippen LogP) is 0.942. The molecule has 6 nitrogen and oxygen atoms in total. The van der Waals surface area contributed by atoms with Crippen molar-refractivity contribution in [1.82, 2.24) is 5.32 Å². The van der Waals surface area contributed by atoms with Crippen molar-refractivity contribution in [3.8, 4) is 0 Å². The van der Waals surface area contributed by atoms with Gasteiger partial charge < -0.3 is 0 Å². The second kappa shape index (κ2) is 4.14. The van der Waals surface area contributed by atoms with E-state index in [1.54, 1.807) is 6.07 Å². The number of imide groups is 1. The molecule has 1 aromatic rings. The van der Waals surface area contributed by atoms with Crippen LogP contribution in [0.2, 0.25) is 0 Å². The van der Waals surface area contributed by atoms with Crippen molar-refractivity contribution in [2.45, 2.75) is 11.3 Å². The van der Waals surface area contributed by atoms with E-state index in [0.29, 0.717) is 0 Å². The van der Waals surface area contributed by atoms with Crippen molar-refractivity contribution >= 4 is 29.1 Å². The Morgan fingerprint density at radius 2 is 1.88 bits per heavy atom. The number of carbonyl (C=O) groups is 2. The Labute approximate surface area is 101 Å². The SMILES string of the molecule is O=C1NC(=O)C(c2ccccc2[N+](=O)[O-])C1Cl. The van der Waals surface area contributed by atoms with Gasteiger partial charge in [-0.3, -0.25) is 25.0 Å². The molecule has 2 atom stereocenters. The van der Waals surface area contributed by atoms with Gasteiger partial charge in [0.2, 0.25) is 11.8 Å². The minimum atomic E-state index is -1.11. The molecular weight excluding hydrogens is 248 g/mol. The summed E-state index contributed by atoms with van der Waals surface area (Å²) in [5, 5.41) is 11.8. The highest BCUT2D eigenvalue weighted by atomic mass is 35.5. The van der Waals surface area contributed by atoms with Crippen LogP contribution in [0, 0.1) is 10.1 Å². The quantitative estimate of drug-likeness (QED) is 0.368. The van der Waals surface area contributed by atoms with E-state index in [4.69, 9.17) is 11.6 Å². The Hall–Kier alpha value is -1.95.